The van der Waals surface area contributed by atoms with E-state index in [-0.39, 0.29) is 11.6 Å². The first-order valence-corrected chi connectivity index (χ1v) is 5.19. The summed E-state index contributed by atoms with van der Waals surface area (Å²) in [7, 11) is 0. The quantitative estimate of drug-likeness (QED) is 0.753. The van der Waals surface area contributed by atoms with Gasteiger partial charge in [-0.25, -0.2) is 4.39 Å². The van der Waals surface area contributed by atoms with Gasteiger partial charge in [0, 0.05) is 11.4 Å². The van der Waals surface area contributed by atoms with E-state index in [0.29, 0.717) is 23.4 Å². The molecule has 2 rings (SSSR count). The summed E-state index contributed by atoms with van der Waals surface area (Å²) in [5.74, 6) is -0.165. The second kappa shape index (κ2) is 4.15. The predicted molar refractivity (Wildman–Crippen MR) is 57.4 cm³/mol. The lowest BCUT2D eigenvalue weighted by molar-refractivity contribution is -0.114. The molecule has 0 radical (unpaired) electrons. The maximum atomic E-state index is 13.4. The molecule has 15 heavy (non-hydrogen) atoms. The Morgan fingerprint density at radius 1 is 1.33 bits per heavy atom. The van der Waals surface area contributed by atoms with E-state index in [1.807, 2.05) is 0 Å². The second-order valence-electron chi connectivity index (χ2n) is 3.68. The van der Waals surface area contributed by atoms with Gasteiger partial charge in [-0.05, 0) is 36.6 Å². The number of benzene rings is 1. The monoisotopic (exact) mass is 224 g/mol. The third-order valence-electron chi connectivity index (χ3n) is 2.49. The predicted octanol–water partition coefficient (Wildman–Crippen LogP) is 3.31. The molecule has 0 atom stereocenters. The first-order valence-electron chi connectivity index (χ1n) is 4.81. The molecule has 1 nitrogen and oxygen atoms in total. The number of carbonyl (C=O) groups excluding carboxylic acids is 1. The van der Waals surface area contributed by atoms with Gasteiger partial charge in [0.15, 0.2) is 5.78 Å². The second-order valence-corrected chi connectivity index (χ2v) is 4.12. The van der Waals surface area contributed by atoms with E-state index in [1.54, 1.807) is 18.2 Å². The van der Waals surface area contributed by atoms with Crippen LogP contribution < -0.4 is 0 Å². The van der Waals surface area contributed by atoms with Gasteiger partial charge in [-0.3, -0.25) is 4.79 Å². The first kappa shape index (κ1) is 10.4. The molecule has 78 valence electrons. The molecule has 1 aliphatic carbocycles. The van der Waals surface area contributed by atoms with Crippen LogP contribution in [0, 0.1) is 5.82 Å². The minimum absolute atomic E-state index is 0.138. The maximum Gasteiger partial charge on any atom is 0.155 e. The van der Waals surface area contributed by atoms with Crippen molar-refractivity contribution in [3.05, 3.63) is 46.3 Å². The van der Waals surface area contributed by atoms with E-state index in [1.165, 1.54) is 6.07 Å². The largest absolute Gasteiger partial charge is 0.295 e. The highest BCUT2D eigenvalue weighted by atomic mass is 35.5. The fourth-order valence-electron chi connectivity index (χ4n) is 1.70. The lowest BCUT2D eigenvalue weighted by atomic mass is 10.0. The number of carbonyl (C=O) groups is 1. The lowest BCUT2D eigenvalue weighted by Crippen LogP contribution is -1.92. The highest BCUT2D eigenvalue weighted by Gasteiger charge is 2.13. The van der Waals surface area contributed by atoms with Gasteiger partial charge >= 0.3 is 0 Å². The number of ketones is 1. The molecule has 0 aliphatic heterocycles. The number of rotatable bonds is 2. The van der Waals surface area contributed by atoms with E-state index >= 15 is 0 Å². The summed E-state index contributed by atoms with van der Waals surface area (Å²) in [5, 5.41) is 0.396. The zero-order valence-electron chi connectivity index (χ0n) is 8.09. The van der Waals surface area contributed by atoms with Gasteiger partial charge in [-0.15, -0.1) is 0 Å². The molecular formula is C12H10ClFO. The molecule has 1 aromatic rings. The molecule has 0 aromatic heterocycles. The smallest absolute Gasteiger partial charge is 0.155 e. The molecular weight excluding hydrogens is 215 g/mol. The van der Waals surface area contributed by atoms with Crippen molar-refractivity contribution in [2.45, 2.75) is 19.3 Å². The first-order chi connectivity index (χ1) is 7.15. The van der Waals surface area contributed by atoms with E-state index in [2.05, 4.69) is 0 Å². The van der Waals surface area contributed by atoms with Gasteiger partial charge in [0.2, 0.25) is 0 Å². The molecule has 0 saturated heterocycles. The van der Waals surface area contributed by atoms with Crippen LogP contribution in [0.5, 0.6) is 0 Å². The van der Waals surface area contributed by atoms with Gasteiger partial charge in [0.1, 0.15) is 5.82 Å². The molecule has 0 amide bonds. The standard InChI is InChI=1S/C12H10ClFO/c13-10-3-2-9(12(14)7-10)5-8-1-4-11(15)6-8/h2-3,6-7H,1,4-5H2. The normalized spacial score (nSPS) is 15.6. The number of hydrogen-bond donors (Lipinski definition) is 0. The Morgan fingerprint density at radius 3 is 2.73 bits per heavy atom. The van der Waals surface area contributed by atoms with Crippen LogP contribution in [0.15, 0.2) is 29.8 Å². The summed E-state index contributed by atoms with van der Waals surface area (Å²) in [6.07, 6.45) is 3.44. The van der Waals surface area contributed by atoms with Crippen LogP contribution in [0.2, 0.25) is 5.02 Å². The van der Waals surface area contributed by atoms with Gasteiger partial charge in [0.25, 0.3) is 0 Å². The van der Waals surface area contributed by atoms with Crippen LogP contribution in [0.4, 0.5) is 4.39 Å². The molecule has 0 saturated carbocycles. The molecule has 0 bridgehead atoms. The molecule has 0 N–H and O–H groups in total. The van der Waals surface area contributed by atoms with Crippen LogP contribution in [0.25, 0.3) is 0 Å². The summed E-state index contributed by atoms with van der Waals surface area (Å²) < 4.78 is 13.4. The maximum absolute atomic E-state index is 13.4. The van der Waals surface area contributed by atoms with Crippen molar-refractivity contribution in [1.29, 1.82) is 0 Å². The molecule has 0 unspecified atom stereocenters. The van der Waals surface area contributed by atoms with Crippen LogP contribution in [-0.2, 0) is 11.2 Å². The average molecular weight is 225 g/mol. The van der Waals surface area contributed by atoms with E-state index < -0.39 is 0 Å². The molecule has 1 aliphatic rings. The van der Waals surface area contributed by atoms with Crippen LogP contribution >= 0.6 is 11.6 Å². The summed E-state index contributed by atoms with van der Waals surface area (Å²) >= 11 is 5.65. The Hall–Kier alpha value is -1.15. The minimum Gasteiger partial charge on any atom is -0.295 e. The van der Waals surface area contributed by atoms with Gasteiger partial charge in [-0.2, -0.15) is 0 Å². The summed E-state index contributed by atoms with van der Waals surface area (Å²) in [6.45, 7) is 0. The van der Waals surface area contributed by atoms with Crippen LogP contribution in [0.1, 0.15) is 18.4 Å². The Balaban J connectivity index is 2.18. The van der Waals surface area contributed by atoms with Crippen molar-refractivity contribution in [2.24, 2.45) is 0 Å². The summed E-state index contributed by atoms with van der Waals surface area (Å²) in [5.41, 5.74) is 1.60. The Morgan fingerprint density at radius 2 is 2.13 bits per heavy atom. The Bertz CT molecular complexity index is 437. The highest BCUT2D eigenvalue weighted by molar-refractivity contribution is 6.30. The zero-order valence-corrected chi connectivity index (χ0v) is 8.85. The number of hydrogen-bond acceptors (Lipinski definition) is 1. The topological polar surface area (TPSA) is 17.1 Å². The SMILES string of the molecule is O=C1C=C(Cc2ccc(Cl)cc2F)CC1. The summed E-state index contributed by atoms with van der Waals surface area (Å²) in [6, 6.07) is 4.63. The highest BCUT2D eigenvalue weighted by Crippen LogP contribution is 2.22. The molecule has 0 fully saturated rings. The number of halogens is 2. The Labute approximate surface area is 92.6 Å². The average Bonchev–Trinajstić information content (AvgIpc) is 2.56. The van der Waals surface area contributed by atoms with Crippen molar-refractivity contribution in [3.63, 3.8) is 0 Å². The van der Waals surface area contributed by atoms with E-state index in [4.69, 9.17) is 11.6 Å². The minimum atomic E-state index is -0.303. The Kier molecular flexibility index (Phi) is 2.87. The molecule has 0 spiro atoms. The summed E-state index contributed by atoms with van der Waals surface area (Å²) in [4.78, 5) is 11.0. The van der Waals surface area contributed by atoms with Crippen LogP contribution in [-0.4, -0.2) is 5.78 Å². The lowest BCUT2D eigenvalue weighted by Gasteiger charge is -2.03. The number of allylic oxidation sites excluding steroid dienone is 2. The van der Waals surface area contributed by atoms with Crippen LogP contribution in [0.3, 0.4) is 0 Å². The van der Waals surface area contributed by atoms with Gasteiger partial charge < -0.3 is 0 Å². The fourth-order valence-corrected chi connectivity index (χ4v) is 1.86. The van der Waals surface area contributed by atoms with Crippen molar-refractivity contribution in [2.75, 3.05) is 0 Å². The van der Waals surface area contributed by atoms with Crippen molar-refractivity contribution in [3.8, 4) is 0 Å². The zero-order chi connectivity index (χ0) is 10.8. The third kappa shape index (κ3) is 2.45. The van der Waals surface area contributed by atoms with Crippen molar-refractivity contribution in [1.82, 2.24) is 0 Å². The molecule has 0 heterocycles. The van der Waals surface area contributed by atoms with E-state index in [0.717, 1.165) is 12.0 Å². The van der Waals surface area contributed by atoms with Gasteiger partial charge in [-0.1, -0.05) is 23.2 Å². The van der Waals surface area contributed by atoms with Crippen molar-refractivity contribution >= 4 is 17.4 Å². The van der Waals surface area contributed by atoms with E-state index in [9.17, 15) is 9.18 Å². The van der Waals surface area contributed by atoms with Crippen molar-refractivity contribution < 1.29 is 9.18 Å². The molecule has 3 heteroatoms. The third-order valence-corrected chi connectivity index (χ3v) is 2.73. The fraction of sp³-hybridized carbons (Fsp3) is 0.250. The molecule has 1 aromatic carbocycles. The van der Waals surface area contributed by atoms with Gasteiger partial charge in [0.05, 0.1) is 0 Å².